The summed E-state index contributed by atoms with van der Waals surface area (Å²) in [4.78, 5) is 19.9. The van der Waals surface area contributed by atoms with Gasteiger partial charge in [-0.25, -0.2) is 4.98 Å². The molecule has 0 unspecified atom stereocenters. The minimum Gasteiger partial charge on any atom is -0.493 e. The van der Waals surface area contributed by atoms with Gasteiger partial charge in [-0.15, -0.1) is 0 Å². The van der Waals surface area contributed by atoms with Crippen LogP contribution in [0.25, 0.3) is 16.9 Å². The summed E-state index contributed by atoms with van der Waals surface area (Å²) in [5, 5.41) is 22.1. The average molecular weight is 426 g/mol. The summed E-state index contributed by atoms with van der Waals surface area (Å²) < 4.78 is 6.88. The second-order valence-electron chi connectivity index (χ2n) is 7.40. The van der Waals surface area contributed by atoms with Gasteiger partial charge >= 0.3 is 0 Å². The van der Waals surface area contributed by atoms with Crippen LogP contribution in [0.15, 0.2) is 83.7 Å². The third-order valence-corrected chi connectivity index (χ3v) is 5.29. The van der Waals surface area contributed by atoms with Gasteiger partial charge in [-0.2, -0.15) is 0 Å². The lowest BCUT2D eigenvalue weighted by Crippen LogP contribution is -1.98. The van der Waals surface area contributed by atoms with Crippen molar-refractivity contribution in [2.75, 3.05) is 0 Å². The molecule has 0 spiro atoms. The molecule has 0 radical (unpaired) electrons. The number of aromatic nitrogens is 3. The van der Waals surface area contributed by atoms with E-state index in [2.05, 4.69) is 9.97 Å². The molecule has 5 rings (SSSR count). The molecule has 5 aromatic rings. The molecule has 32 heavy (non-hydrogen) atoms. The molecule has 0 saturated carbocycles. The van der Waals surface area contributed by atoms with Crippen LogP contribution in [0, 0.1) is 10.1 Å². The van der Waals surface area contributed by atoms with E-state index in [1.54, 1.807) is 30.8 Å². The van der Waals surface area contributed by atoms with Crippen LogP contribution in [-0.2, 0) is 12.8 Å². The topological polar surface area (TPSA) is 107 Å². The largest absolute Gasteiger partial charge is 0.493 e. The highest BCUT2D eigenvalue weighted by atomic mass is 16.6. The Morgan fingerprint density at radius 2 is 1.91 bits per heavy atom. The number of rotatable bonds is 6. The maximum atomic E-state index is 11.4. The standard InChI is InChI=1S/C24H18N4O4/c29-24-21(13-19-7-4-10-32-19)26-23-14-25-22(15-27(23)24)20-12-18(28(30)31)9-8-17(20)11-16-5-2-1-3-6-16/h1-10,12,14-15,29H,11,13H2. The molecule has 0 fully saturated rings. The van der Waals surface area contributed by atoms with Crippen LogP contribution in [0.3, 0.4) is 0 Å². The van der Waals surface area contributed by atoms with E-state index in [4.69, 9.17) is 4.42 Å². The maximum Gasteiger partial charge on any atom is 0.270 e. The summed E-state index contributed by atoms with van der Waals surface area (Å²) in [6.07, 6.45) is 5.69. The second kappa shape index (κ2) is 7.99. The van der Waals surface area contributed by atoms with Crippen molar-refractivity contribution in [3.8, 4) is 17.1 Å². The maximum absolute atomic E-state index is 11.4. The number of furan rings is 1. The van der Waals surface area contributed by atoms with Gasteiger partial charge in [-0.3, -0.25) is 19.5 Å². The summed E-state index contributed by atoms with van der Waals surface area (Å²) in [5.41, 5.74) is 4.02. The Bertz CT molecular complexity index is 1410. The summed E-state index contributed by atoms with van der Waals surface area (Å²) in [7, 11) is 0. The fourth-order valence-electron chi connectivity index (χ4n) is 3.71. The van der Waals surface area contributed by atoms with Crippen LogP contribution in [0.1, 0.15) is 22.6 Å². The van der Waals surface area contributed by atoms with Gasteiger partial charge in [-0.1, -0.05) is 36.4 Å². The molecule has 0 saturated heterocycles. The van der Waals surface area contributed by atoms with Crippen molar-refractivity contribution in [3.05, 3.63) is 112 Å². The third-order valence-electron chi connectivity index (χ3n) is 5.29. The van der Waals surface area contributed by atoms with Crippen LogP contribution in [0.4, 0.5) is 5.69 Å². The molecule has 8 nitrogen and oxygen atoms in total. The predicted molar refractivity (Wildman–Crippen MR) is 118 cm³/mol. The molecule has 1 N–H and O–H groups in total. The number of hydrogen-bond acceptors (Lipinski definition) is 6. The molecule has 0 amide bonds. The van der Waals surface area contributed by atoms with Crippen molar-refractivity contribution in [2.24, 2.45) is 0 Å². The van der Waals surface area contributed by atoms with Gasteiger partial charge in [-0.05, 0) is 29.7 Å². The van der Waals surface area contributed by atoms with E-state index >= 15 is 0 Å². The van der Waals surface area contributed by atoms with Crippen LogP contribution >= 0.6 is 0 Å². The van der Waals surface area contributed by atoms with Gasteiger partial charge in [0.25, 0.3) is 5.69 Å². The number of benzene rings is 2. The SMILES string of the molecule is O=[N+]([O-])c1ccc(Cc2ccccc2)c(-c2cn3c(O)c(Cc4ccco4)nc3cn2)c1. The quantitative estimate of drug-likeness (QED) is 0.309. The first-order valence-electron chi connectivity index (χ1n) is 9.98. The summed E-state index contributed by atoms with van der Waals surface area (Å²) in [5.74, 6) is 0.663. The van der Waals surface area contributed by atoms with Crippen molar-refractivity contribution < 1.29 is 14.4 Å². The van der Waals surface area contributed by atoms with E-state index in [0.717, 1.165) is 11.1 Å². The highest BCUT2D eigenvalue weighted by molar-refractivity contribution is 5.68. The molecule has 0 bridgehead atoms. The number of nitro benzene ring substituents is 1. The van der Waals surface area contributed by atoms with Gasteiger partial charge < -0.3 is 9.52 Å². The predicted octanol–water partition coefficient (Wildman–Crippen LogP) is 4.78. The summed E-state index contributed by atoms with van der Waals surface area (Å²) >= 11 is 0. The second-order valence-corrected chi connectivity index (χ2v) is 7.40. The molecule has 158 valence electrons. The Labute approximate surface area is 182 Å². The molecule has 0 atom stereocenters. The molecular formula is C24H18N4O4. The van der Waals surface area contributed by atoms with Gasteiger partial charge in [0, 0.05) is 23.9 Å². The highest BCUT2D eigenvalue weighted by Crippen LogP contribution is 2.30. The van der Waals surface area contributed by atoms with Crippen LogP contribution in [-0.4, -0.2) is 24.4 Å². The fourth-order valence-corrected chi connectivity index (χ4v) is 3.71. The Kier molecular flexibility index (Phi) is 4.87. The zero-order chi connectivity index (χ0) is 22.1. The number of nitro groups is 1. The molecule has 0 aliphatic carbocycles. The van der Waals surface area contributed by atoms with Gasteiger partial charge in [0.15, 0.2) is 5.65 Å². The molecule has 0 aliphatic heterocycles. The Morgan fingerprint density at radius 1 is 1.06 bits per heavy atom. The monoisotopic (exact) mass is 426 g/mol. The van der Waals surface area contributed by atoms with Crippen molar-refractivity contribution in [2.45, 2.75) is 12.8 Å². The highest BCUT2D eigenvalue weighted by Gasteiger charge is 2.18. The van der Waals surface area contributed by atoms with Crippen molar-refractivity contribution in [1.82, 2.24) is 14.4 Å². The molecule has 8 heteroatoms. The number of nitrogens with zero attached hydrogens (tertiary/aromatic N) is 4. The number of imidazole rings is 1. The average Bonchev–Trinajstić information content (AvgIpc) is 3.43. The molecule has 3 aromatic heterocycles. The van der Waals surface area contributed by atoms with Gasteiger partial charge in [0.2, 0.25) is 5.88 Å². The smallest absolute Gasteiger partial charge is 0.270 e. The van der Waals surface area contributed by atoms with Gasteiger partial charge in [0.05, 0.1) is 29.5 Å². The number of non-ortho nitro benzene ring substituents is 1. The van der Waals surface area contributed by atoms with E-state index in [9.17, 15) is 15.2 Å². The number of hydrogen-bond donors (Lipinski definition) is 1. The number of aromatic hydroxyl groups is 1. The first-order valence-corrected chi connectivity index (χ1v) is 9.98. The minimum atomic E-state index is -0.426. The van der Waals surface area contributed by atoms with Crippen molar-refractivity contribution in [1.29, 1.82) is 0 Å². The van der Waals surface area contributed by atoms with E-state index in [1.165, 1.54) is 16.5 Å². The Hall–Kier alpha value is -4.46. The van der Waals surface area contributed by atoms with Crippen LogP contribution < -0.4 is 0 Å². The van der Waals surface area contributed by atoms with Crippen LogP contribution in [0.5, 0.6) is 5.88 Å². The van der Waals surface area contributed by atoms with Crippen LogP contribution in [0.2, 0.25) is 0 Å². The first kappa shape index (κ1) is 19.5. The normalized spacial score (nSPS) is 11.1. The lowest BCUT2D eigenvalue weighted by atomic mass is 9.97. The lowest BCUT2D eigenvalue weighted by Gasteiger charge is -2.10. The summed E-state index contributed by atoms with van der Waals surface area (Å²) in [6.45, 7) is 0. The van der Waals surface area contributed by atoms with Gasteiger partial charge in [0.1, 0.15) is 11.5 Å². The zero-order valence-electron chi connectivity index (χ0n) is 16.9. The lowest BCUT2D eigenvalue weighted by molar-refractivity contribution is -0.384. The van der Waals surface area contributed by atoms with Crippen molar-refractivity contribution in [3.63, 3.8) is 0 Å². The third kappa shape index (κ3) is 3.69. The molecule has 3 heterocycles. The van der Waals surface area contributed by atoms with E-state index < -0.39 is 4.92 Å². The first-order chi connectivity index (χ1) is 15.6. The summed E-state index contributed by atoms with van der Waals surface area (Å²) in [6, 6.07) is 18.2. The molecule has 2 aromatic carbocycles. The minimum absolute atomic E-state index is 0.0184. The van der Waals surface area contributed by atoms with E-state index in [1.807, 2.05) is 36.4 Å². The molecule has 0 aliphatic rings. The zero-order valence-corrected chi connectivity index (χ0v) is 16.9. The van der Waals surface area contributed by atoms with E-state index in [-0.39, 0.29) is 11.6 Å². The van der Waals surface area contributed by atoms with E-state index in [0.29, 0.717) is 41.2 Å². The Balaban J connectivity index is 1.59. The number of fused-ring (bicyclic) bond motifs is 1. The Morgan fingerprint density at radius 3 is 2.66 bits per heavy atom. The fraction of sp³-hybridized carbons (Fsp3) is 0.0833. The molecular weight excluding hydrogens is 408 g/mol. The van der Waals surface area contributed by atoms with Crippen molar-refractivity contribution >= 4 is 11.3 Å².